The van der Waals surface area contributed by atoms with Crippen molar-refractivity contribution in [2.75, 3.05) is 0 Å². The molecule has 2 aromatic rings. The summed E-state index contributed by atoms with van der Waals surface area (Å²) in [6.07, 6.45) is 1.87. The molecule has 19 heavy (non-hydrogen) atoms. The Morgan fingerprint density at radius 3 is 2.47 bits per heavy atom. The van der Waals surface area contributed by atoms with E-state index in [1.165, 1.54) is 0 Å². The first-order valence-corrected chi connectivity index (χ1v) is 6.65. The molecule has 1 aromatic heterocycles. The third kappa shape index (κ3) is 3.18. The number of hydrogen-bond acceptors (Lipinski definition) is 1. The summed E-state index contributed by atoms with van der Waals surface area (Å²) in [6.45, 7) is 2.64. The van der Waals surface area contributed by atoms with Gasteiger partial charge < -0.3 is 9.67 Å². The Morgan fingerprint density at radius 2 is 1.89 bits per heavy atom. The maximum Gasteiger partial charge on any atom is 0.352 e. The van der Waals surface area contributed by atoms with Crippen LogP contribution in [0.1, 0.15) is 35.1 Å². The fourth-order valence-corrected chi connectivity index (χ4v) is 2.26. The number of nitrogens with zero attached hydrogens (tertiary/aromatic N) is 1. The number of hydrogen-bond donors (Lipinski definition) is 1. The summed E-state index contributed by atoms with van der Waals surface area (Å²) in [4.78, 5) is 11.2. The van der Waals surface area contributed by atoms with E-state index in [4.69, 9.17) is 11.6 Å². The van der Waals surface area contributed by atoms with Gasteiger partial charge in [-0.2, -0.15) is 0 Å². The molecule has 0 bridgehead atoms. The second-order valence-electron chi connectivity index (χ2n) is 4.48. The number of carboxylic acid groups (broad SMARTS) is 1. The van der Waals surface area contributed by atoms with Gasteiger partial charge >= 0.3 is 5.97 Å². The van der Waals surface area contributed by atoms with Crippen LogP contribution in [-0.4, -0.2) is 15.6 Å². The van der Waals surface area contributed by atoms with E-state index in [2.05, 4.69) is 6.92 Å². The molecule has 0 aliphatic heterocycles. The van der Waals surface area contributed by atoms with Crippen LogP contribution in [0.15, 0.2) is 36.4 Å². The first kappa shape index (κ1) is 13.7. The lowest BCUT2D eigenvalue weighted by Crippen LogP contribution is -2.12. The Kier molecular flexibility index (Phi) is 4.27. The van der Waals surface area contributed by atoms with Gasteiger partial charge in [-0.05, 0) is 36.2 Å². The first-order valence-electron chi connectivity index (χ1n) is 6.28. The molecule has 100 valence electrons. The molecule has 0 saturated carbocycles. The second-order valence-corrected chi connectivity index (χ2v) is 4.91. The van der Waals surface area contributed by atoms with E-state index >= 15 is 0 Å². The zero-order valence-electron chi connectivity index (χ0n) is 10.8. The summed E-state index contributed by atoms with van der Waals surface area (Å²) in [7, 11) is 0. The number of aromatic nitrogens is 1. The summed E-state index contributed by atoms with van der Waals surface area (Å²) < 4.78 is 1.86. The lowest BCUT2D eigenvalue weighted by molar-refractivity contribution is 0.0685. The van der Waals surface area contributed by atoms with Gasteiger partial charge in [0, 0.05) is 17.3 Å². The van der Waals surface area contributed by atoms with Crippen LogP contribution in [0.25, 0.3) is 0 Å². The Bertz CT molecular complexity index is 572. The smallest absolute Gasteiger partial charge is 0.352 e. The molecule has 1 heterocycles. The molecular weight excluding hydrogens is 262 g/mol. The van der Waals surface area contributed by atoms with Crippen molar-refractivity contribution in [3.8, 4) is 0 Å². The summed E-state index contributed by atoms with van der Waals surface area (Å²) >= 11 is 5.86. The van der Waals surface area contributed by atoms with Crippen LogP contribution in [0.2, 0.25) is 5.02 Å². The average Bonchev–Trinajstić information content (AvgIpc) is 2.76. The number of aromatic carboxylic acids is 1. The molecule has 0 saturated heterocycles. The quantitative estimate of drug-likeness (QED) is 0.902. The van der Waals surface area contributed by atoms with Crippen LogP contribution in [0.3, 0.4) is 0 Å². The van der Waals surface area contributed by atoms with E-state index in [0.717, 1.165) is 24.1 Å². The van der Waals surface area contributed by atoms with Gasteiger partial charge in [-0.3, -0.25) is 0 Å². The second kappa shape index (κ2) is 5.93. The highest BCUT2D eigenvalue weighted by molar-refractivity contribution is 6.30. The standard InChI is InChI=1S/C15H16ClNO2/c1-2-3-13-8-9-14(15(18)19)17(13)10-11-4-6-12(16)7-5-11/h4-9H,2-3,10H2,1H3,(H,18,19). The van der Waals surface area contributed by atoms with Gasteiger partial charge in [0.2, 0.25) is 0 Å². The summed E-state index contributed by atoms with van der Waals surface area (Å²) in [5.74, 6) is -0.892. The predicted octanol–water partition coefficient (Wildman–Crippen LogP) is 3.84. The largest absolute Gasteiger partial charge is 0.477 e. The zero-order chi connectivity index (χ0) is 13.8. The normalized spacial score (nSPS) is 10.6. The molecule has 0 spiro atoms. The summed E-state index contributed by atoms with van der Waals surface area (Å²) in [5, 5.41) is 9.91. The van der Waals surface area contributed by atoms with Crippen molar-refractivity contribution in [2.45, 2.75) is 26.3 Å². The lowest BCUT2D eigenvalue weighted by Gasteiger charge is -2.11. The summed E-state index contributed by atoms with van der Waals surface area (Å²) in [6, 6.07) is 11.0. The van der Waals surface area contributed by atoms with Crippen molar-refractivity contribution in [2.24, 2.45) is 0 Å². The van der Waals surface area contributed by atoms with E-state index in [1.54, 1.807) is 6.07 Å². The molecule has 1 N–H and O–H groups in total. The van der Waals surface area contributed by atoms with Crippen molar-refractivity contribution >= 4 is 17.6 Å². The molecule has 0 fully saturated rings. The van der Waals surface area contributed by atoms with Crippen molar-refractivity contribution in [1.29, 1.82) is 0 Å². The van der Waals surface area contributed by atoms with Crippen molar-refractivity contribution in [1.82, 2.24) is 4.57 Å². The predicted molar refractivity (Wildman–Crippen MR) is 75.9 cm³/mol. The molecule has 2 rings (SSSR count). The van der Waals surface area contributed by atoms with Crippen LogP contribution < -0.4 is 0 Å². The SMILES string of the molecule is CCCc1ccc(C(=O)O)n1Cc1ccc(Cl)cc1. The minimum Gasteiger partial charge on any atom is -0.477 e. The van der Waals surface area contributed by atoms with Gasteiger partial charge in [-0.15, -0.1) is 0 Å². The van der Waals surface area contributed by atoms with Gasteiger partial charge in [0.25, 0.3) is 0 Å². The molecular formula is C15H16ClNO2. The van der Waals surface area contributed by atoms with Gasteiger partial charge in [-0.25, -0.2) is 4.79 Å². The van der Waals surface area contributed by atoms with E-state index < -0.39 is 5.97 Å². The van der Waals surface area contributed by atoms with Gasteiger partial charge in [0.15, 0.2) is 0 Å². The third-order valence-electron chi connectivity index (χ3n) is 3.05. The molecule has 0 atom stereocenters. The molecule has 4 heteroatoms. The van der Waals surface area contributed by atoms with Gasteiger partial charge in [0.05, 0.1) is 0 Å². The van der Waals surface area contributed by atoms with E-state index in [-0.39, 0.29) is 0 Å². The minimum atomic E-state index is -0.892. The highest BCUT2D eigenvalue weighted by atomic mass is 35.5. The molecule has 0 amide bonds. The molecule has 0 aliphatic rings. The Balaban J connectivity index is 2.33. The molecule has 1 aromatic carbocycles. The van der Waals surface area contributed by atoms with Crippen LogP contribution in [0.4, 0.5) is 0 Å². The number of rotatable bonds is 5. The third-order valence-corrected chi connectivity index (χ3v) is 3.30. The van der Waals surface area contributed by atoms with Gasteiger partial charge in [-0.1, -0.05) is 37.1 Å². The fourth-order valence-electron chi connectivity index (χ4n) is 2.13. The Labute approximate surface area is 117 Å². The highest BCUT2D eigenvalue weighted by Crippen LogP contribution is 2.16. The van der Waals surface area contributed by atoms with E-state index in [0.29, 0.717) is 17.3 Å². The zero-order valence-corrected chi connectivity index (χ0v) is 11.5. The van der Waals surface area contributed by atoms with E-state index in [9.17, 15) is 9.90 Å². The number of carboxylic acids is 1. The monoisotopic (exact) mass is 277 g/mol. The maximum absolute atomic E-state index is 11.2. The van der Waals surface area contributed by atoms with Gasteiger partial charge in [0.1, 0.15) is 5.69 Å². The number of carbonyl (C=O) groups is 1. The van der Waals surface area contributed by atoms with Crippen molar-refractivity contribution < 1.29 is 9.90 Å². The summed E-state index contributed by atoms with van der Waals surface area (Å²) in [5.41, 5.74) is 2.42. The van der Waals surface area contributed by atoms with Crippen molar-refractivity contribution in [3.05, 3.63) is 58.4 Å². The van der Waals surface area contributed by atoms with Crippen LogP contribution >= 0.6 is 11.6 Å². The highest BCUT2D eigenvalue weighted by Gasteiger charge is 2.13. The van der Waals surface area contributed by atoms with Crippen LogP contribution in [0.5, 0.6) is 0 Å². The average molecular weight is 278 g/mol. The fraction of sp³-hybridized carbons (Fsp3) is 0.267. The molecule has 0 unspecified atom stereocenters. The lowest BCUT2D eigenvalue weighted by atomic mass is 10.2. The topological polar surface area (TPSA) is 42.2 Å². The van der Waals surface area contributed by atoms with E-state index in [1.807, 2.05) is 34.9 Å². The number of benzene rings is 1. The van der Waals surface area contributed by atoms with Crippen LogP contribution in [-0.2, 0) is 13.0 Å². The van der Waals surface area contributed by atoms with Crippen molar-refractivity contribution in [3.63, 3.8) is 0 Å². The Hall–Kier alpha value is -1.74. The van der Waals surface area contributed by atoms with Crippen LogP contribution in [0, 0.1) is 0 Å². The molecule has 3 nitrogen and oxygen atoms in total. The molecule has 0 aliphatic carbocycles. The number of aryl methyl sites for hydroxylation is 1. The Morgan fingerprint density at radius 1 is 1.21 bits per heavy atom. The first-order chi connectivity index (χ1) is 9.11. The maximum atomic E-state index is 11.2. The minimum absolute atomic E-state index is 0.332. The number of halogens is 1. The molecule has 0 radical (unpaired) electrons.